The van der Waals surface area contributed by atoms with Crippen LogP contribution in [0.5, 0.6) is 0 Å². The quantitative estimate of drug-likeness (QED) is 0.705. The molecule has 0 saturated heterocycles. The first-order valence-electron chi connectivity index (χ1n) is 4.47. The Morgan fingerprint density at radius 3 is 2.36 bits per heavy atom. The van der Waals surface area contributed by atoms with Crippen molar-refractivity contribution in [2.24, 2.45) is 4.99 Å². The van der Waals surface area contributed by atoms with Crippen molar-refractivity contribution < 1.29 is 4.79 Å². The number of thioether (sulfide) groups is 1. The van der Waals surface area contributed by atoms with Gasteiger partial charge in [-0.05, 0) is 31.2 Å². The fourth-order valence-corrected chi connectivity index (χ4v) is 2.36. The molecule has 3 heteroatoms. The molecule has 0 bridgehead atoms. The van der Waals surface area contributed by atoms with Gasteiger partial charge >= 0.3 is 5.24 Å². The minimum atomic E-state index is -0.196. The van der Waals surface area contributed by atoms with E-state index in [4.69, 9.17) is 0 Å². The van der Waals surface area contributed by atoms with Crippen LogP contribution in [0.3, 0.4) is 0 Å². The Kier molecular flexibility index (Phi) is 2.19. The predicted molar refractivity (Wildman–Crippen MR) is 60.0 cm³/mol. The van der Waals surface area contributed by atoms with Crippen LogP contribution in [0.25, 0.3) is 0 Å². The standard InChI is InChI=1S/C11H11NOS/c1-11(2)9(12-10(13)14-11)8-6-4-3-5-7-8/h3-7H,1-2H3. The molecule has 0 aromatic heterocycles. The molecule has 2 rings (SSSR count). The molecule has 2 nitrogen and oxygen atoms in total. The summed E-state index contributed by atoms with van der Waals surface area (Å²) in [6.45, 7) is 4.04. The molecule has 0 atom stereocenters. The summed E-state index contributed by atoms with van der Waals surface area (Å²) < 4.78 is -0.196. The van der Waals surface area contributed by atoms with Crippen LogP contribution in [0, 0.1) is 0 Å². The Hall–Kier alpha value is -1.09. The van der Waals surface area contributed by atoms with E-state index in [-0.39, 0.29) is 9.99 Å². The van der Waals surface area contributed by atoms with E-state index in [9.17, 15) is 4.79 Å². The average Bonchev–Trinajstić information content (AvgIpc) is 2.41. The topological polar surface area (TPSA) is 29.4 Å². The summed E-state index contributed by atoms with van der Waals surface area (Å²) in [6.07, 6.45) is 0. The first-order valence-corrected chi connectivity index (χ1v) is 5.29. The van der Waals surface area contributed by atoms with Gasteiger partial charge in [0.15, 0.2) is 0 Å². The molecule has 1 amide bonds. The minimum Gasteiger partial charge on any atom is -0.259 e. The van der Waals surface area contributed by atoms with Gasteiger partial charge in [-0.15, -0.1) is 0 Å². The van der Waals surface area contributed by atoms with Crippen molar-refractivity contribution in [3.05, 3.63) is 35.9 Å². The molecule has 1 aromatic rings. The van der Waals surface area contributed by atoms with E-state index < -0.39 is 0 Å². The number of carbonyl (C=O) groups excluding carboxylic acids is 1. The number of rotatable bonds is 1. The molecule has 0 radical (unpaired) electrons. The maximum atomic E-state index is 11.2. The summed E-state index contributed by atoms with van der Waals surface area (Å²) in [4.78, 5) is 15.3. The molecular weight excluding hydrogens is 194 g/mol. The van der Waals surface area contributed by atoms with Crippen molar-refractivity contribution in [2.45, 2.75) is 18.6 Å². The van der Waals surface area contributed by atoms with Crippen LogP contribution in [0.1, 0.15) is 19.4 Å². The second kappa shape index (κ2) is 3.24. The Morgan fingerprint density at radius 2 is 1.86 bits per heavy atom. The van der Waals surface area contributed by atoms with Crippen LogP contribution in [0.15, 0.2) is 35.3 Å². The van der Waals surface area contributed by atoms with E-state index in [1.807, 2.05) is 44.2 Å². The molecule has 0 spiro atoms. The minimum absolute atomic E-state index is 0.0890. The Labute approximate surface area is 87.4 Å². The van der Waals surface area contributed by atoms with Crippen LogP contribution in [-0.4, -0.2) is 15.7 Å². The number of hydrogen-bond acceptors (Lipinski definition) is 2. The second-order valence-electron chi connectivity index (χ2n) is 3.70. The van der Waals surface area contributed by atoms with Crippen LogP contribution >= 0.6 is 11.8 Å². The molecule has 1 heterocycles. The fourth-order valence-electron chi connectivity index (χ4n) is 1.52. The average molecular weight is 205 g/mol. The second-order valence-corrected chi connectivity index (χ2v) is 5.28. The predicted octanol–water partition coefficient (Wildman–Crippen LogP) is 3.12. The third-order valence-electron chi connectivity index (χ3n) is 2.16. The highest BCUT2D eigenvalue weighted by molar-refractivity contribution is 8.15. The number of benzene rings is 1. The van der Waals surface area contributed by atoms with E-state index in [1.165, 1.54) is 11.8 Å². The zero-order valence-electron chi connectivity index (χ0n) is 8.15. The number of carbonyl (C=O) groups is 1. The van der Waals surface area contributed by atoms with Crippen LogP contribution in [-0.2, 0) is 0 Å². The lowest BCUT2D eigenvalue weighted by Crippen LogP contribution is -2.24. The molecule has 72 valence electrons. The molecule has 0 fully saturated rings. The third kappa shape index (κ3) is 1.60. The summed E-state index contributed by atoms with van der Waals surface area (Å²) >= 11 is 1.28. The van der Waals surface area contributed by atoms with E-state index >= 15 is 0 Å². The zero-order chi connectivity index (χ0) is 10.2. The number of hydrogen-bond donors (Lipinski definition) is 0. The lowest BCUT2D eigenvalue weighted by atomic mass is 9.99. The fraction of sp³-hybridized carbons (Fsp3) is 0.273. The number of aliphatic imine (C=N–C) groups is 1. The van der Waals surface area contributed by atoms with Crippen molar-refractivity contribution >= 4 is 22.7 Å². The first-order chi connectivity index (χ1) is 6.59. The number of nitrogens with zero attached hydrogens (tertiary/aromatic N) is 1. The molecule has 14 heavy (non-hydrogen) atoms. The molecule has 0 N–H and O–H groups in total. The van der Waals surface area contributed by atoms with Gasteiger partial charge in [-0.1, -0.05) is 30.3 Å². The highest BCUT2D eigenvalue weighted by Gasteiger charge is 2.35. The van der Waals surface area contributed by atoms with E-state index in [2.05, 4.69) is 4.99 Å². The summed E-state index contributed by atoms with van der Waals surface area (Å²) in [7, 11) is 0. The van der Waals surface area contributed by atoms with Gasteiger partial charge in [0.05, 0.1) is 10.5 Å². The zero-order valence-corrected chi connectivity index (χ0v) is 8.97. The van der Waals surface area contributed by atoms with E-state index in [1.54, 1.807) is 0 Å². The summed E-state index contributed by atoms with van der Waals surface area (Å²) in [5.41, 5.74) is 1.92. The molecule has 0 aliphatic carbocycles. The third-order valence-corrected chi connectivity index (χ3v) is 3.13. The van der Waals surface area contributed by atoms with Crippen molar-refractivity contribution in [1.82, 2.24) is 0 Å². The summed E-state index contributed by atoms with van der Waals surface area (Å²) in [6, 6.07) is 9.85. The van der Waals surface area contributed by atoms with Gasteiger partial charge in [-0.2, -0.15) is 0 Å². The normalized spacial score (nSPS) is 19.6. The lowest BCUT2D eigenvalue weighted by molar-refractivity contribution is 0.268. The Balaban J connectivity index is 2.45. The van der Waals surface area contributed by atoms with Crippen LogP contribution in [0.2, 0.25) is 0 Å². The maximum absolute atomic E-state index is 11.2. The molecule has 0 saturated carbocycles. The van der Waals surface area contributed by atoms with Crippen LogP contribution < -0.4 is 0 Å². The van der Waals surface area contributed by atoms with Crippen molar-refractivity contribution in [3.8, 4) is 0 Å². The van der Waals surface area contributed by atoms with Gasteiger partial charge < -0.3 is 0 Å². The van der Waals surface area contributed by atoms with Crippen molar-refractivity contribution in [3.63, 3.8) is 0 Å². The summed E-state index contributed by atoms with van der Waals surface area (Å²) in [5.74, 6) is 0. The smallest absolute Gasteiger partial charge is 0.259 e. The van der Waals surface area contributed by atoms with Gasteiger partial charge in [0, 0.05) is 0 Å². The van der Waals surface area contributed by atoms with E-state index in [0.717, 1.165) is 11.3 Å². The maximum Gasteiger partial charge on any atom is 0.306 e. The van der Waals surface area contributed by atoms with Crippen molar-refractivity contribution in [1.29, 1.82) is 0 Å². The first kappa shape index (κ1) is 9.46. The largest absolute Gasteiger partial charge is 0.306 e. The number of amides is 1. The van der Waals surface area contributed by atoms with Gasteiger partial charge in [0.2, 0.25) is 0 Å². The highest BCUT2D eigenvalue weighted by atomic mass is 32.2. The summed E-state index contributed by atoms with van der Waals surface area (Å²) in [5, 5.41) is -0.0890. The molecule has 0 unspecified atom stereocenters. The molecular formula is C11H11NOS. The van der Waals surface area contributed by atoms with Gasteiger partial charge in [0.25, 0.3) is 0 Å². The van der Waals surface area contributed by atoms with E-state index in [0.29, 0.717) is 0 Å². The Morgan fingerprint density at radius 1 is 1.21 bits per heavy atom. The molecule has 1 aliphatic heterocycles. The highest BCUT2D eigenvalue weighted by Crippen LogP contribution is 2.36. The molecule has 1 aromatic carbocycles. The SMILES string of the molecule is CC1(C)SC(=O)N=C1c1ccccc1. The molecule has 1 aliphatic rings. The van der Waals surface area contributed by atoms with Gasteiger partial charge in [-0.3, -0.25) is 4.79 Å². The van der Waals surface area contributed by atoms with Crippen LogP contribution in [0.4, 0.5) is 4.79 Å². The monoisotopic (exact) mass is 205 g/mol. The van der Waals surface area contributed by atoms with Gasteiger partial charge in [0.1, 0.15) is 0 Å². The van der Waals surface area contributed by atoms with Crippen molar-refractivity contribution in [2.75, 3.05) is 0 Å². The lowest BCUT2D eigenvalue weighted by Gasteiger charge is -2.17. The Bertz CT molecular complexity index is 395. The van der Waals surface area contributed by atoms with Gasteiger partial charge in [-0.25, -0.2) is 4.99 Å².